The van der Waals surface area contributed by atoms with Crippen LogP contribution in [0.5, 0.6) is 0 Å². The minimum absolute atomic E-state index is 0.0650. The number of amides is 4. The molecule has 2 N–H and O–H groups in total. The molecule has 7 nitrogen and oxygen atoms in total. The zero-order valence-electron chi connectivity index (χ0n) is 11.9. The summed E-state index contributed by atoms with van der Waals surface area (Å²) < 4.78 is 0. The van der Waals surface area contributed by atoms with Gasteiger partial charge in [0.1, 0.15) is 13.1 Å². The van der Waals surface area contributed by atoms with Crippen LogP contribution >= 0.6 is 0 Å². The summed E-state index contributed by atoms with van der Waals surface area (Å²) in [7, 11) is 0. The third-order valence-corrected chi connectivity index (χ3v) is 3.69. The molecule has 2 aliphatic rings. The van der Waals surface area contributed by atoms with Crippen LogP contribution in [-0.2, 0) is 9.59 Å². The number of nitrogens with one attached hydrogen (secondary N) is 1. The van der Waals surface area contributed by atoms with Gasteiger partial charge in [-0.25, -0.2) is 4.79 Å². The highest BCUT2D eigenvalue weighted by Crippen LogP contribution is 2.28. The molecule has 2 saturated heterocycles. The van der Waals surface area contributed by atoms with Gasteiger partial charge in [0, 0.05) is 13.1 Å². The Morgan fingerprint density at radius 2 is 2.15 bits per heavy atom. The van der Waals surface area contributed by atoms with E-state index in [0.717, 1.165) is 0 Å². The number of likely N-dealkylation sites (tertiary alicyclic amines) is 1. The van der Waals surface area contributed by atoms with Gasteiger partial charge in [0.2, 0.25) is 11.8 Å². The molecule has 2 rings (SSSR count). The van der Waals surface area contributed by atoms with Crippen molar-refractivity contribution in [2.45, 2.75) is 32.8 Å². The van der Waals surface area contributed by atoms with E-state index in [9.17, 15) is 19.5 Å². The van der Waals surface area contributed by atoms with Crippen LogP contribution < -0.4 is 5.32 Å². The van der Waals surface area contributed by atoms with Gasteiger partial charge in [-0.1, -0.05) is 13.8 Å². The first-order chi connectivity index (χ1) is 9.27. The maximum absolute atomic E-state index is 12.3. The standard InChI is InChI=1S/C13H21N3O4/c1-13(2)5-9(17)3-4-15(8-13)11(19)7-16-6-10(18)14-12(16)20/h9,17H,3-8H2,1-2H3,(H,14,18,20). The maximum Gasteiger partial charge on any atom is 0.325 e. The molecule has 0 radical (unpaired) electrons. The summed E-state index contributed by atoms with van der Waals surface area (Å²) in [6.45, 7) is 4.88. The molecule has 2 aliphatic heterocycles. The molecular weight excluding hydrogens is 262 g/mol. The van der Waals surface area contributed by atoms with Gasteiger partial charge in [-0.3, -0.25) is 14.9 Å². The first-order valence-electron chi connectivity index (χ1n) is 6.81. The summed E-state index contributed by atoms with van der Waals surface area (Å²) in [5.74, 6) is -0.563. The molecule has 0 aromatic rings. The number of urea groups is 1. The van der Waals surface area contributed by atoms with E-state index >= 15 is 0 Å². The summed E-state index contributed by atoms with van der Waals surface area (Å²) in [5.41, 5.74) is -0.158. The molecule has 2 heterocycles. The number of imide groups is 1. The van der Waals surface area contributed by atoms with Crippen molar-refractivity contribution >= 4 is 17.8 Å². The number of rotatable bonds is 2. The highest BCUT2D eigenvalue weighted by Gasteiger charge is 2.34. The van der Waals surface area contributed by atoms with Crippen LogP contribution in [-0.4, -0.2) is 65.0 Å². The Hall–Kier alpha value is -1.63. The largest absolute Gasteiger partial charge is 0.393 e. The molecule has 0 saturated carbocycles. The van der Waals surface area contributed by atoms with E-state index in [2.05, 4.69) is 5.32 Å². The Labute approximate surface area is 117 Å². The van der Waals surface area contributed by atoms with Crippen molar-refractivity contribution in [3.05, 3.63) is 0 Å². The van der Waals surface area contributed by atoms with Gasteiger partial charge in [0.05, 0.1) is 6.10 Å². The SMILES string of the molecule is CC1(C)CC(O)CCN(C(=O)CN2CC(=O)NC2=O)C1. The summed E-state index contributed by atoms with van der Waals surface area (Å²) in [5, 5.41) is 12.0. The molecule has 0 spiro atoms. The fourth-order valence-corrected chi connectivity index (χ4v) is 2.79. The zero-order chi connectivity index (χ0) is 14.9. The molecule has 0 aromatic heterocycles. The molecule has 0 aliphatic carbocycles. The number of nitrogens with zero attached hydrogens (tertiary/aromatic N) is 2. The van der Waals surface area contributed by atoms with E-state index in [0.29, 0.717) is 25.9 Å². The lowest BCUT2D eigenvalue weighted by atomic mass is 9.87. The average Bonchev–Trinajstić information content (AvgIpc) is 2.53. The highest BCUT2D eigenvalue weighted by atomic mass is 16.3. The van der Waals surface area contributed by atoms with Crippen molar-refractivity contribution in [1.82, 2.24) is 15.1 Å². The number of hydrogen-bond acceptors (Lipinski definition) is 4. The van der Waals surface area contributed by atoms with Crippen LogP contribution in [0.3, 0.4) is 0 Å². The van der Waals surface area contributed by atoms with Crippen LogP contribution in [0.1, 0.15) is 26.7 Å². The molecule has 4 amide bonds. The third kappa shape index (κ3) is 3.47. The number of carbonyl (C=O) groups excluding carboxylic acids is 3. The lowest BCUT2D eigenvalue weighted by molar-refractivity contribution is -0.132. The van der Waals surface area contributed by atoms with Crippen molar-refractivity contribution in [2.24, 2.45) is 5.41 Å². The minimum atomic E-state index is -0.516. The Kier molecular flexibility index (Phi) is 3.99. The second kappa shape index (κ2) is 5.40. The number of aliphatic hydroxyl groups is 1. The molecule has 1 unspecified atom stereocenters. The van der Waals surface area contributed by atoms with Gasteiger partial charge in [-0.05, 0) is 18.3 Å². The van der Waals surface area contributed by atoms with Crippen molar-refractivity contribution < 1.29 is 19.5 Å². The number of hydrogen-bond donors (Lipinski definition) is 2. The van der Waals surface area contributed by atoms with Gasteiger partial charge in [0.25, 0.3) is 0 Å². The van der Waals surface area contributed by atoms with Gasteiger partial charge in [-0.15, -0.1) is 0 Å². The van der Waals surface area contributed by atoms with Crippen molar-refractivity contribution in [3.63, 3.8) is 0 Å². The first kappa shape index (κ1) is 14.8. The normalized spacial score (nSPS) is 26.4. The molecule has 1 atom stereocenters. The van der Waals surface area contributed by atoms with Crippen molar-refractivity contribution in [1.29, 1.82) is 0 Å². The fraction of sp³-hybridized carbons (Fsp3) is 0.769. The molecular formula is C13H21N3O4. The zero-order valence-corrected chi connectivity index (χ0v) is 11.9. The molecule has 20 heavy (non-hydrogen) atoms. The first-order valence-corrected chi connectivity index (χ1v) is 6.81. The second-order valence-corrected chi connectivity index (χ2v) is 6.34. The predicted molar refractivity (Wildman–Crippen MR) is 70.7 cm³/mol. The smallest absolute Gasteiger partial charge is 0.325 e. The van der Waals surface area contributed by atoms with Gasteiger partial charge in [-0.2, -0.15) is 0 Å². The molecule has 7 heteroatoms. The Morgan fingerprint density at radius 3 is 2.75 bits per heavy atom. The van der Waals surface area contributed by atoms with Crippen LogP contribution in [0.4, 0.5) is 4.79 Å². The van der Waals surface area contributed by atoms with E-state index in [4.69, 9.17) is 0 Å². The second-order valence-electron chi connectivity index (χ2n) is 6.34. The maximum atomic E-state index is 12.3. The Morgan fingerprint density at radius 1 is 1.45 bits per heavy atom. The monoisotopic (exact) mass is 283 g/mol. The van der Waals surface area contributed by atoms with E-state index < -0.39 is 12.1 Å². The highest BCUT2D eigenvalue weighted by molar-refractivity contribution is 6.03. The van der Waals surface area contributed by atoms with Gasteiger partial charge < -0.3 is 14.9 Å². The summed E-state index contributed by atoms with van der Waals surface area (Å²) in [6.07, 6.45) is 0.791. The molecule has 0 aromatic carbocycles. The number of aliphatic hydroxyl groups excluding tert-OH is 1. The summed E-state index contributed by atoms with van der Waals surface area (Å²) in [4.78, 5) is 37.7. The Balaban J connectivity index is 1.98. The van der Waals surface area contributed by atoms with Gasteiger partial charge >= 0.3 is 6.03 Å². The lowest BCUT2D eigenvalue weighted by Gasteiger charge is -2.30. The van der Waals surface area contributed by atoms with Crippen LogP contribution in [0, 0.1) is 5.41 Å². The molecule has 0 bridgehead atoms. The van der Waals surface area contributed by atoms with Gasteiger partial charge in [0.15, 0.2) is 0 Å². The molecule has 112 valence electrons. The minimum Gasteiger partial charge on any atom is -0.393 e. The van der Waals surface area contributed by atoms with Crippen molar-refractivity contribution in [2.75, 3.05) is 26.2 Å². The average molecular weight is 283 g/mol. The Bertz CT molecular complexity index is 435. The van der Waals surface area contributed by atoms with E-state index in [1.54, 1.807) is 4.90 Å². The summed E-state index contributed by atoms with van der Waals surface area (Å²) >= 11 is 0. The predicted octanol–water partition coefficient (Wildman–Crippen LogP) is -0.452. The van der Waals surface area contributed by atoms with Crippen LogP contribution in [0.2, 0.25) is 0 Å². The fourth-order valence-electron chi connectivity index (χ4n) is 2.79. The van der Waals surface area contributed by atoms with Crippen molar-refractivity contribution in [3.8, 4) is 0 Å². The van der Waals surface area contributed by atoms with E-state index in [1.165, 1.54) is 4.90 Å². The summed E-state index contributed by atoms with van der Waals surface area (Å²) in [6, 6.07) is -0.516. The topological polar surface area (TPSA) is 89.9 Å². The molecule has 2 fully saturated rings. The number of carbonyl (C=O) groups is 3. The quantitative estimate of drug-likeness (QED) is 0.672. The van der Waals surface area contributed by atoms with E-state index in [-0.39, 0.29) is 30.3 Å². The lowest BCUT2D eigenvalue weighted by Crippen LogP contribution is -2.44. The van der Waals surface area contributed by atoms with Crippen LogP contribution in [0.15, 0.2) is 0 Å². The third-order valence-electron chi connectivity index (χ3n) is 3.69. The van der Waals surface area contributed by atoms with E-state index in [1.807, 2.05) is 13.8 Å². The van der Waals surface area contributed by atoms with Crippen LogP contribution in [0.25, 0.3) is 0 Å².